The number of carbonyl (C=O) groups excluding carboxylic acids is 3. The summed E-state index contributed by atoms with van der Waals surface area (Å²) in [5, 5.41) is 8.11. The number of likely N-dealkylation sites (tertiary alicyclic amines) is 1. The van der Waals surface area contributed by atoms with Crippen molar-refractivity contribution in [3.05, 3.63) is 48.0 Å². The van der Waals surface area contributed by atoms with Crippen molar-refractivity contribution in [2.45, 2.75) is 63.5 Å². The number of hydrogen-bond acceptors (Lipinski definition) is 4. The van der Waals surface area contributed by atoms with Gasteiger partial charge in [-0.2, -0.15) is 0 Å². The molecule has 3 amide bonds. The number of amides is 3. The summed E-state index contributed by atoms with van der Waals surface area (Å²) in [7, 11) is 0. The topological polar surface area (TPSA) is 105 Å². The maximum atomic E-state index is 13.3. The molecule has 2 fully saturated rings. The van der Waals surface area contributed by atoms with Gasteiger partial charge in [-0.15, -0.1) is 12.4 Å². The number of nitrogens with one attached hydrogen (secondary N) is 2. The molecule has 35 heavy (non-hydrogen) atoms. The van der Waals surface area contributed by atoms with E-state index in [4.69, 9.17) is 5.73 Å². The molecule has 4 N–H and O–H groups in total. The lowest BCUT2D eigenvalue weighted by molar-refractivity contribution is -0.142. The van der Waals surface area contributed by atoms with Crippen LogP contribution in [-0.4, -0.2) is 54.3 Å². The van der Waals surface area contributed by atoms with E-state index in [9.17, 15) is 14.4 Å². The Kier molecular flexibility index (Phi) is 9.93. The zero-order valence-electron chi connectivity index (χ0n) is 20.2. The van der Waals surface area contributed by atoms with Gasteiger partial charge in [0.15, 0.2) is 0 Å². The SMILES string of the molecule is Cl.NCCCNC(=O)[C@@H](Cc1ccc2ccccc2c1)NC(=O)[C@@H]1CCCN1C(=O)C1CCCC1. The third-order valence-electron chi connectivity index (χ3n) is 7.11. The van der Waals surface area contributed by atoms with Gasteiger partial charge < -0.3 is 21.3 Å². The number of fused-ring (bicyclic) bond motifs is 1. The number of hydrogen-bond donors (Lipinski definition) is 3. The van der Waals surface area contributed by atoms with E-state index in [0.717, 1.165) is 48.4 Å². The fraction of sp³-hybridized carbons (Fsp3) is 0.519. The number of rotatable bonds is 9. The molecule has 7 nitrogen and oxygen atoms in total. The Labute approximate surface area is 213 Å². The third kappa shape index (κ3) is 6.73. The van der Waals surface area contributed by atoms with Gasteiger partial charge in [0, 0.05) is 25.4 Å². The monoisotopic (exact) mass is 500 g/mol. The van der Waals surface area contributed by atoms with Crippen molar-refractivity contribution < 1.29 is 14.4 Å². The van der Waals surface area contributed by atoms with Crippen molar-refractivity contribution in [3.8, 4) is 0 Å². The van der Waals surface area contributed by atoms with Crippen molar-refractivity contribution in [3.63, 3.8) is 0 Å². The number of benzene rings is 2. The lowest BCUT2D eigenvalue weighted by atomic mass is 10.0. The van der Waals surface area contributed by atoms with Gasteiger partial charge in [0.2, 0.25) is 17.7 Å². The van der Waals surface area contributed by atoms with Crippen LogP contribution in [0.2, 0.25) is 0 Å². The minimum atomic E-state index is -0.713. The highest BCUT2D eigenvalue weighted by Crippen LogP contribution is 2.30. The van der Waals surface area contributed by atoms with Gasteiger partial charge >= 0.3 is 0 Å². The first-order valence-corrected chi connectivity index (χ1v) is 12.6. The highest BCUT2D eigenvalue weighted by molar-refractivity contribution is 5.93. The molecule has 1 heterocycles. The molecule has 2 aliphatic rings. The van der Waals surface area contributed by atoms with E-state index in [-0.39, 0.29) is 36.0 Å². The Morgan fingerprint density at radius 3 is 2.49 bits per heavy atom. The molecule has 1 aliphatic carbocycles. The van der Waals surface area contributed by atoms with Crippen LogP contribution in [0.15, 0.2) is 42.5 Å². The van der Waals surface area contributed by atoms with E-state index in [1.165, 1.54) is 0 Å². The average Bonchev–Trinajstić information content (AvgIpc) is 3.56. The number of carbonyl (C=O) groups is 3. The minimum Gasteiger partial charge on any atom is -0.354 e. The Bertz CT molecular complexity index is 1020. The van der Waals surface area contributed by atoms with E-state index in [0.29, 0.717) is 38.9 Å². The van der Waals surface area contributed by atoms with Crippen LogP contribution in [-0.2, 0) is 20.8 Å². The summed E-state index contributed by atoms with van der Waals surface area (Å²) >= 11 is 0. The summed E-state index contributed by atoms with van der Waals surface area (Å²) in [5.41, 5.74) is 6.54. The first kappa shape index (κ1) is 27.0. The van der Waals surface area contributed by atoms with Gasteiger partial charge in [-0.1, -0.05) is 55.3 Å². The van der Waals surface area contributed by atoms with E-state index in [2.05, 4.69) is 16.7 Å². The summed E-state index contributed by atoms with van der Waals surface area (Å²) in [6.45, 7) is 1.57. The second kappa shape index (κ2) is 12.9. The molecule has 1 saturated heterocycles. The van der Waals surface area contributed by atoms with Gasteiger partial charge in [-0.05, 0) is 55.0 Å². The van der Waals surface area contributed by atoms with Crippen LogP contribution in [0, 0.1) is 5.92 Å². The first-order valence-electron chi connectivity index (χ1n) is 12.6. The molecule has 1 aliphatic heterocycles. The van der Waals surface area contributed by atoms with E-state index in [1.807, 2.05) is 36.4 Å². The molecule has 2 aromatic rings. The zero-order valence-corrected chi connectivity index (χ0v) is 21.0. The molecule has 0 aromatic heterocycles. The highest BCUT2D eigenvalue weighted by atomic mass is 35.5. The highest BCUT2D eigenvalue weighted by Gasteiger charge is 2.38. The van der Waals surface area contributed by atoms with E-state index >= 15 is 0 Å². The van der Waals surface area contributed by atoms with Crippen LogP contribution in [0.3, 0.4) is 0 Å². The molecule has 4 rings (SSSR count). The summed E-state index contributed by atoms with van der Waals surface area (Å²) in [6.07, 6.45) is 6.50. The summed E-state index contributed by atoms with van der Waals surface area (Å²) in [6, 6.07) is 13.0. The van der Waals surface area contributed by atoms with Gasteiger partial charge in [0.05, 0.1) is 0 Å². The fourth-order valence-corrected chi connectivity index (χ4v) is 5.23. The zero-order chi connectivity index (χ0) is 23.9. The van der Waals surface area contributed by atoms with E-state index < -0.39 is 12.1 Å². The summed E-state index contributed by atoms with van der Waals surface area (Å²) in [4.78, 5) is 41.1. The van der Waals surface area contributed by atoms with Crippen molar-refractivity contribution >= 4 is 40.9 Å². The van der Waals surface area contributed by atoms with Crippen LogP contribution >= 0.6 is 12.4 Å². The fourth-order valence-electron chi connectivity index (χ4n) is 5.23. The molecule has 190 valence electrons. The Hall–Kier alpha value is -2.64. The van der Waals surface area contributed by atoms with Crippen LogP contribution in [0.5, 0.6) is 0 Å². The molecule has 0 spiro atoms. The number of nitrogens with zero attached hydrogens (tertiary/aromatic N) is 1. The van der Waals surface area contributed by atoms with Crippen molar-refractivity contribution in [1.29, 1.82) is 0 Å². The smallest absolute Gasteiger partial charge is 0.243 e. The van der Waals surface area contributed by atoms with Crippen LogP contribution in [0.1, 0.15) is 50.5 Å². The standard InChI is InChI=1S/C27H36N4O3.ClH/c28-14-6-15-29-25(32)23(18-19-12-13-20-7-1-4-10-22(20)17-19)30-26(33)24-11-5-16-31(24)27(34)21-8-2-3-9-21;/h1,4,7,10,12-13,17,21,23-24H,2-3,5-6,8-9,11,14-16,18,28H2,(H,29,32)(H,30,33);1H/t23-,24+;/m1./s1. The lowest BCUT2D eigenvalue weighted by Crippen LogP contribution is -2.54. The Morgan fingerprint density at radius 2 is 1.74 bits per heavy atom. The molecule has 0 unspecified atom stereocenters. The molecule has 2 aromatic carbocycles. The summed E-state index contributed by atoms with van der Waals surface area (Å²) in [5.74, 6) is -0.305. The molecule has 0 bridgehead atoms. The van der Waals surface area contributed by atoms with Crippen LogP contribution < -0.4 is 16.4 Å². The van der Waals surface area contributed by atoms with Gasteiger partial charge in [-0.25, -0.2) is 0 Å². The van der Waals surface area contributed by atoms with Crippen molar-refractivity contribution in [2.75, 3.05) is 19.6 Å². The maximum absolute atomic E-state index is 13.3. The van der Waals surface area contributed by atoms with Crippen molar-refractivity contribution in [2.24, 2.45) is 11.7 Å². The Balaban J connectivity index is 0.00000342. The quantitative estimate of drug-likeness (QED) is 0.460. The molecule has 0 radical (unpaired) electrons. The van der Waals surface area contributed by atoms with E-state index in [1.54, 1.807) is 4.90 Å². The second-order valence-corrected chi connectivity index (χ2v) is 9.55. The maximum Gasteiger partial charge on any atom is 0.243 e. The lowest BCUT2D eigenvalue weighted by Gasteiger charge is -2.28. The predicted molar refractivity (Wildman–Crippen MR) is 140 cm³/mol. The van der Waals surface area contributed by atoms with Crippen molar-refractivity contribution in [1.82, 2.24) is 15.5 Å². The first-order chi connectivity index (χ1) is 16.6. The second-order valence-electron chi connectivity index (χ2n) is 9.55. The third-order valence-corrected chi connectivity index (χ3v) is 7.11. The van der Waals surface area contributed by atoms with Gasteiger partial charge in [-0.3, -0.25) is 14.4 Å². The molecule has 2 atom stereocenters. The van der Waals surface area contributed by atoms with Crippen LogP contribution in [0.4, 0.5) is 0 Å². The minimum absolute atomic E-state index is 0. The number of halogens is 1. The molecular weight excluding hydrogens is 464 g/mol. The molecular formula is C27H37ClN4O3. The molecule has 8 heteroatoms. The van der Waals surface area contributed by atoms with Crippen LogP contribution in [0.25, 0.3) is 10.8 Å². The summed E-state index contributed by atoms with van der Waals surface area (Å²) < 4.78 is 0. The van der Waals surface area contributed by atoms with Gasteiger partial charge in [0.25, 0.3) is 0 Å². The number of nitrogens with two attached hydrogens (primary N) is 1. The largest absolute Gasteiger partial charge is 0.354 e. The average molecular weight is 501 g/mol. The Morgan fingerprint density at radius 1 is 1.00 bits per heavy atom. The molecule has 1 saturated carbocycles. The predicted octanol–water partition coefficient (Wildman–Crippen LogP) is 2.94. The van der Waals surface area contributed by atoms with Gasteiger partial charge in [0.1, 0.15) is 12.1 Å². The normalized spacial score (nSPS) is 18.8.